The highest BCUT2D eigenvalue weighted by Crippen LogP contribution is 2.70. The Balaban J connectivity index is 1.55. The molecule has 4 saturated carbocycles. The fraction of sp³-hybridized carbons (Fsp3) is 0.786. The van der Waals surface area contributed by atoms with Crippen LogP contribution in [0.5, 0.6) is 0 Å². The Morgan fingerprint density at radius 3 is 2.76 bits per heavy atom. The molecule has 3 nitrogen and oxygen atoms in total. The fourth-order valence-electron chi connectivity index (χ4n) is 5.19. The molecule has 0 aliphatic heterocycles. The molecular weight excluding hydrogens is 216 g/mol. The average molecular weight is 234 g/mol. The van der Waals surface area contributed by atoms with Crippen LogP contribution in [0.3, 0.4) is 0 Å². The third kappa shape index (κ3) is 1.18. The maximum absolute atomic E-state index is 11.3. The van der Waals surface area contributed by atoms with E-state index in [-0.39, 0.29) is 18.2 Å². The van der Waals surface area contributed by atoms with Gasteiger partial charge in [0.2, 0.25) is 0 Å². The first-order chi connectivity index (χ1) is 8.20. The molecule has 4 fully saturated rings. The summed E-state index contributed by atoms with van der Waals surface area (Å²) in [7, 11) is 0. The zero-order valence-corrected chi connectivity index (χ0v) is 9.79. The maximum atomic E-state index is 11.3. The Morgan fingerprint density at radius 2 is 2.00 bits per heavy atom. The summed E-state index contributed by atoms with van der Waals surface area (Å²) < 4.78 is 5.43. The lowest BCUT2D eigenvalue weighted by Crippen LogP contribution is -2.38. The molecule has 1 N–H and O–H groups in total. The van der Waals surface area contributed by atoms with Crippen LogP contribution in [0.4, 0.5) is 0 Å². The van der Waals surface area contributed by atoms with Crippen molar-refractivity contribution in [2.75, 3.05) is 0 Å². The van der Waals surface area contributed by atoms with Gasteiger partial charge in [-0.2, -0.15) is 0 Å². The first-order valence-electron chi connectivity index (χ1n) is 6.72. The van der Waals surface area contributed by atoms with Gasteiger partial charge >= 0.3 is 5.97 Å². The van der Waals surface area contributed by atoms with E-state index in [1.807, 2.05) is 0 Å². The normalized spacial score (nSPS) is 57.5. The van der Waals surface area contributed by atoms with E-state index in [0.29, 0.717) is 23.7 Å². The number of hydrogen-bond donors (Lipinski definition) is 1. The van der Waals surface area contributed by atoms with Gasteiger partial charge in [0.15, 0.2) is 0 Å². The summed E-state index contributed by atoms with van der Waals surface area (Å²) in [6.07, 6.45) is 4.57. The van der Waals surface area contributed by atoms with Gasteiger partial charge < -0.3 is 9.84 Å². The quantitative estimate of drug-likeness (QED) is 0.580. The van der Waals surface area contributed by atoms with Crippen molar-refractivity contribution in [3.63, 3.8) is 0 Å². The van der Waals surface area contributed by atoms with Gasteiger partial charge in [0.25, 0.3) is 0 Å². The third-order valence-corrected chi connectivity index (χ3v) is 5.72. The SMILES string of the molecule is C=CC(=O)OC1CC2CC1C1C(O)C3CC3C21. The minimum absolute atomic E-state index is 0.0406. The van der Waals surface area contributed by atoms with Gasteiger partial charge in [0, 0.05) is 12.0 Å². The van der Waals surface area contributed by atoms with Crippen LogP contribution in [0.1, 0.15) is 19.3 Å². The molecule has 92 valence electrons. The zero-order chi connectivity index (χ0) is 11.7. The van der Waals surface area contributed by atoms with Crippen molar-refractivity contribution in [2.45, 2.75) is 31.5 Å². The van der Waals surface area contributed by atoms with Crippen LogP contribution in [0.15, 0.2) is 12.7 Å². The number of fused-ring (bicyclic) bond motifs is 7. The molecule has 0 amide bonds. The Kier molecular flexibility index (Phi) is 1.87. The lowest BCUT2D eigenvalue weighted by atomic mass is 9.76. The first-order valence-corrected chi connectivity index (χ1v) is 6.72. The van der Waals surface area contributed by atoms with Crippen molar-refractivity contribution in [1.82, 2.24) is 0 Å². The summed E-state index contributed by atoms with van der Waals surface area (Å²) in [5.41, 5.74) is 0. The second kappa shape index (κ2) is 3.14. The molecule has 0 spiro atoms. The minimum atomic E-state index is -0.309. The third-order valence-electron chi connectivity index (χ3n) is 5.72. The Bertz CT molecular complexity index is 391. The Hall–Kier alpha value is -0.830. The number of aliphatic hydroxyl groups is 1. The first kappa shape index (κ1) is 10.1. The smallest absolute Gasteiger partial charge is 0.330 e. The monoisotopic (exact) mass is 234 g/mol. The summed E-state index contributed by atoms with van der Waals surface area (Å²) >= 11 is 0. The minimum Gasteiger partial charge on any atom is -0.459 e. The van der Waals surface area contributed by atoms with Gasteiger partial charge in [0.05, 0.1) is 6.10 Å². The second-order valence-corrected chi connectivity index (χ2v) is 6.28. The van der Waals surface area contributed by atoms with E-state index in [1.54, 1.807) is 0 Å². The lowest BCUT2D eigenvalue weighted by Gasteiger charge is -2.34. The van der Waals surface area contributed by atoms with Crippen LogP contribution in [0, 0.1) is 35.5 Å². The highest BCUT2D eigenvalue weighted by Gasteiger charge is 2.69. The predicted octanol–water partition coefficient (Wildman–Crippen LogP) is 1.37. The Morgan fingerprint density at radius 1 is 1.18 bits per heavy atom. The van der Waals surface area contributed by atoms with Crippen molar-refractivity contribution in [3.05, 3.63) is 12.7 Å². The number of ether oxygens (including phenoxy) is 1. The molecule has 2 bridgehead atoms. The van der Waals surface area contributed by atoms with Crippen LogP contribution >= 0.6 is 0 Å². The maximum Gasteiger partial charge on any atom is 0.330 e. The summed E-state index contributed by atoms with van der Waals surface area (Å²) in [5.74, 6) is 3.32. The van der Waals surface area contributed by atoms with E-state index in [4.69, 9.17) is 4.74 Å². The van der Waals surface area contributed by atoms with Crippen LogP contribution in [0.25, 0.3) is 0 Å². The topological polar surface area (TPSA) is 46.5 Å². The van der Waals surface area contributed by atoms with Gasteiger partial charge in [-0.1, -0.05) is 6.58 Å². The summed E-state index contributed by atoms with van der Waals surface area (Å²) in [6, 6.07) is 0. The predicted molar refractivity (Wildman–Crippen MR) is 60.9 cm³/mol. The molecule has 0 saturated heterocycles. The molecular formula is C14H18O3. The van der Waals surface area contributed by atoms with Crippen molar-refractivity contribution >= 4 is 5.97 Å². The summed E-state index contributed by atoms with van der Waals surface area (Å²) in [6.45, 7) is 3.44. The van der Waals surface area contributed by atoms with Crippen LogP contribution in [-0.4, -0.2) is 23.3 Å². The standard InChI is InChI=1S/C14H18O3/c1-2-11(15)17-10-4-6-3-9(10)13-12(6)7-5-8(7)14(13)16/h2,6-10,12-14,16H,1,3-5H2. The van der Waals surface area contributed by atoms with Gasteiger partial charge in [-0.05, 0) is 48.9 Å². The number of esters is 1. The molecule has 4 aliphatic carbocycles. The summed E-state index contributed by atoms with van der Waals surface area (Å²) in [4.78, 5) is 11.3. The van der Waals surface area contributed by atoms with Crippen LogP contribution in [-0.2, 0) is 9.53 Å². The number of hydrogen-bond acceptors (Lipinski definition) is 3. The van der Waals surface area contributed by atoms with Crippen molar-refractivity contribution in [3.8, 4) is 0 Å². The van der Waals surface area contributed by atoms with Crippen molar-refractivity contribution in [2.24, 2.45) is 35.5 Å². The lowest BCUT2D eigenvalue weighted by molar-refractivity contribution is -0.148. The van der Waals surface area contributed by atoms with Crippen LogP contribution < -0.4 is 0 Å². The van der Waals surface area contributed by atoms with Crippen LogP contribution in [0.2, 0.25) is 0 Å². The molecule has 0 aromatic heterocycles. The van der Waals surface area contributed by atoms with E-state index in [1.165, 1.54) is 12.5 Å². The molecule has 0 radical (unpaired) electrons. The molecule has 0 heterocycles. The molecule has 3 heteroatoms. The van der Waals surface area contributed by atoms with Gasteiger partial charge in [-0.25, -0.2) is 4.79 Å². The molecule has 0 aromatic rings. The van der Waals surface area contributed by atoms with E-state index >= 15 is 0 Å². The molecule has 8 atom stereocenters. The van der Waals surface area contributed by atoms with Crippen molar-refractivity contribution in [1.29, 1.82) is 0 Å². The van der Waals surface area contributed by atoms with E-state index in [2.05, 4.69) is 6.58 Å². The number of rotatable bonds is 2. The molecule has 4 aliphatic rings. The number of aliphatic hydroxyl groups excluding tert-OH is 1. The molecule has 8 unspecified atom stereocenters. The fourth-order valence-corrected chi connectivity index (χ4v) is 5.19. The molecule has 17 heavy (non-hydrogen) atoms. The van der Waals surface area contributed by atoms with E-state index < -0.39 is 0 Å². The average Bonchev–Trinajstić information content (AvgIpc) is 2.76. The second-order valence-electron chi connectivity index (χ2n) is 6.28. The van der Waals surface area contributed by atoms with Crippen molar-refractivity contribution < 1.29 is 14.6 Å². The van der Waals surface area contributed by atoms with Gasteiger partial charge in [0.1, 0.15) is 6.10 Å². The largest absolute Gasteiger partial charge is 0.459 e. The molecule has 4 rings (SSSR count). The highest BCUT2D eigenvalue weighted by molar-refractivity contribution is 5.81. The summed E-state index contributed by atoms with van der Waals surface area (Å²) in [5, 5.41) is 10.3. The molecule has 0 aromatic carbocycles. The van der Waals surface area contributed by atoms with Gasteiger partial charge in [-0.15, -0.1) is 0 Å². The zero-order valence-electron chi connectivity index (χ0n) is 9.79. The highest BCUT2D eigenvalue weighted by atomic mass is 16.5. The van der Waals surface area contributed by atoms with E-state index in [0.717, 1.165) is 24.7 Å². The van der Waals surface area contributed by atoms with Gasteiger partial charge in [-0.3, -0.25) is 0 Å². The number of carbonyl (C=O) groups excluding carboxylic acids is 1. The number of carbonyl (C=O) groups is 1. The van der Waals surface area contributed by atoms with E-state index in [9.17, 15) is 9.90 Å². The Labute approximate surface area is 101 Å².